The highest BCUT2D eigenvalue weighted by molar-refractivity contribution is 5.84. The van der Waals surface area contributed by atoms with Crippen molar-refractivity contribution >= 4 is 11.9 Å². The predicted octanol–water partition coefficient (Wildman–Crippen LogP) is 3.90. The van der Waals surface area contributed by atoms with E-state index in [9.17, 15) is 9.59 Å². The summed E-state index contributed by atoms with van der Waals surface area (Å²) in [6, 6.07) is 8.34. The molecule has 4 aliphatic rings. The third-order valence-corrected chi connectivity index (χ3v) is 7.41. The quantitative estimate of drug-likeness (QED) is 0.746. The fourth-order valence-corrected chi connectivity index (χ4v) is 6.60. The summed E-state index contributed by atoms with van der Waals surface area (Å²) >= 11 is 0. The van der Waals surface area contributed by atoms with Gasteiger partial charge in [0.2, 0.25) is 5.91 Å². The predicted molar refractivity (Wildman–Crippen MR) is 106 cm³/mol. The van der Waals surface area contributed by atoms with Gasteiger partial charge in [-0.1, -0.05) is 12.1 Å². The standard InChI is InChI=1S/C23H31NO4/c1-15(3-8-20(25)26)24-21(27)23-12-16-9-17(13-23)11-22(10-16,14-23)18-4-6-19(28-2)7-5-18/h4-7,15-17H,3,8-14H2,1-2H3,(H,24,27)(H,25,26). The molecule has 4 bridgehead atoms. The summed E-state index contributed by atoms with van der Waals surface area (Å²) < 4.78 is 5.32. The smallest absolute Gasteiger partial charge is 0.303 e. The Kier molecular flexibility index (Phi) is 4.88. The number of hydrogen-bond acceptors (Lipinski definition) is 3. The molecule has 0 spiro atoms. The van der Waals surface area contributed by atoms with Gasteiger partial charge in [0.1, 0.15) is 5.75 Å². The second-order valence-electron chi connectivity index (χ2n) is 9.56. The molecule has 1 aromatic carbocycles. The van der Waals surface area contributed by atoms with Gasteiger partial charge in [-0.15, -0.1) is 0 Å². The van der Waals surface area contributed by atoms with Crippen molar-refractivity contribution in [2.75, 3.05) is 7.11 Å². The molecule has 2 N–H and O–H groups in total. The van der Waals surface area contributed by atoms with Crippen molar-refractivity contribution in [1.29, 1.82) is 0 Å². The summed E-state index contributed by atoms with van der Waals surface area (Å²) in [5.74, 6) is 1.44. The Morgan fingerprint density at radius 3 is 2.39 bits per heavy atom. The van der Waals surface area contributed by atoms with Crippen molar-refractivity contribution < 1.29 is 19.4 Å². The zero-order valence-electron chi connectivity index (χ0n) is 16.9. The van der Waals surface area contributed by atoms with E-state index in [2.05, 4.69) is 17.4 Å². The Morgan fingerprint density at radius 1 is 1.18 bits per heavy atom. The van der Waals surface area contributed by atoms with Crippen LogP contribution in [0.5, 0.6) is 5.75 Å². The average molecular weight is 386 g/mol. The van der Waals surface area contributed by atoms with E-state index < -0.39 is 5.97 Å². The fourth-order valence-electron chi connectivity index (χ4n) is 6.60. The highest BCUT2D eigenvalue weighted by atomic mass is 16.5. The summed E-state index contributed by atoms with van der Waals surface area (Å²) in [7, 11) is 1.69. The lowest BCUT2D eigenvalue weighted by molar-refractivity contribution is -0.150. The van der Waals surface area contributed by atoms with Crippen LogP contribution in [0.15, 0.2) is 24.3 Å². The van der Waals surface area contributed by atoms with E-state index in [0.29, 0.717) is 18.3 Å². The van der Waals surface area contributed by atoms with Gasteiger partial charge in [0, 0.05) is 12.5 Å². The third kappa shape index (κ3) is 3.40. The number of hydrogen-bond donors (Lipinski definition) is 2. The van der Waals surface area contributed by atoms with E-state index in [1.165, 1.54) is 24.8 Å². The van der Waals surface area contributed by atoms with Gasteiger partial charge in [-0.05, 0) is 86.8 Å². The van der Waals surface area contributed by atoms with Crippen LogP contribution in [0.25, 0.3) is 0 Å². The maximum atomic E-state index is 13.3. The van der Waals surface area contributed by atoms with Crippen LogP contribution in [0.3, 0.4) is 0 Å². The first-order chi connectivity index (χ1) is 13.3. The fraction of sp³-hybridized carbons (Fsp3) is 0.652. The van der Waals surface area contributed by atoms with E-state index in [1.54, 1.807) is 7.11 Å². The molecule has 5 rings (SSSR count). The minimum atomic E-state index is -0.811. The average Bonchev–Trinajstić information content (AvgIpc) is 2.65. The molecule has 28 heavy (non-hydrogen) atoms. The molecule has 0 heterocycles. The molecule has 3 atom stereocenters. The monoisotopic (exact) mass is 385 g/mol. The van der Waals surface area contributed by atoms with Crippen molar-refractivity contribution in [1.82, 2.24) is 5.32 Å². The number of methoxy groups -OCH3 is 1. The Balaban J connectivity index is 1.55. The molecule has 3 unspecified atom stereocenters. The summed E-state index contributed by atoms with van der Waals surface area (Å²) in [6.45, 7) is 1.92. The van der Waals surface area contributed by atoms with E-state index >= 15 is 0 Å². The van der Waals surface area contributed by atoms with E-state index in [-0.39, 0.29) is 29.2 Å². The lowest BCUT2D eigenvalue weighted by Gasteiger charge is -2.61. The van der Waals surface area contributed by atoms with Crippen LogP contribution < -0.4 is 10.1 Å². The molecule has 152 valence electrons. The Bertz CT molecular complexity index is 742. The van der Waals surface area contributed by atoms with Gasteiger partial charge in [0.05, 0.1) is 12.5 Å². The van der Waals surface area contributed by atoms with Crippen LogP contribution in [0.2, 0.25) is 0 Å². The number of nitrogens with one attached hydrogen (secondary N) is 1. The van der Waals surface area contributed by atoms with Gasteiger partial charge >= 0.3 is 5.97 Å². The first kappa shape index (κ1) is 19.3. The van der Waals surface area contributed by atoms with Crippen LogP contribution >= 0.6 is 0 Å². The van der Waals surface area contributed by atoms with Gasteiger partial charge in [-0.25, -0.2) is 0 Å². The van der Waals surface area contributed by atoms with Crippen molar-refractivity contribution in [3.8, 4) is 5.75 Å². The number of benzene rings is 1. The lowest BCUT2D eigenvalue weighted by atomic mass is 9.42. The third-order valence-electron chi connectivity index (χ3n) is 7.41. The molecule has 0 radical (unpaired) electrons. The minimum absolute atomic E-state index is 0.0927. The van der Waals surface area contributed by atoms with Crippen LogP contribution in [0, 0.1) is 17.3 Å². The lowest BCUT2D eigenvalue weighted by Crippen LogP contribution is -2.59. The molecule has 4 fully saturated rings. The Hall–Kier alpha value is -2.04. The highest BCUT2D eigenvalue weighted by Crippen LogP contribution is 2.65. The second-order valence-corrected chi connectivity index (χ2v) is 9.56. The number of carboxylic acid groups (broad SMARTS) is 1. The number of amides is 1. The molecule has 0 saturated heterocycles. The zero-order valence-corrected chi connectivity index (χ0v) is 16.9. The maximum Gasteiger partial charge on any atom is 0.303 e. The topological polar surface area (TPSA) is 75.6 Å². The first-order valence-electron chi connectivity index (χ1n) is 10.5. The van der Waals surface area contributed by atoms with E-state index in [0.717, 1.165) is 25.0 Å². The van der Waals surface area contributed by atoms with Crippen LogP contribution in [0.4, 0.5) is 0 Å². The summed E-state index contributed by atoms with van der Waals surface area (Å²) in [6.07, 6.45) is 7.07. The van der Waals surface area contributed by atoms with Crippen LogP contribution in [0.1, 0.15) is 63.9 Å². The molecule has 1 aromatic rings. The number of aliphatic carboxylic acids is 1. The molecule has 5 nitrogen and oxygen atoms in total. The zero-order chi connectivity index (χ0) is 19.9. The molecule has 4 aliphatic carbocycles. The van der Waals surface area contributed by atoms with Gasteiger partial charge in [-0.3, -0.25) is 9.59 Å². The Morgan fingerprint density at radius 2 is 1.82 bits per heavy atom. The molecule has 0 aliphatic heterocycles. The number of ether oxygens (including phenoxy) is 1. The number of carbonyl (C=O) groups is 2. The van der Waals surface area contributed by atoms with Crippen LogP contribution in [-0.2, 0) is 15.0 Å². The summed E-state index contributed by atoms with van der Waals surface area (Å²) in [5.41, 5.74) is 1.15. The molecule has 4 saturated carbocycles. The van der Waals surface area contributed by atoms with Crippen molar-refractivity contribution in [2.45, 2.75) is 69.7 Å². The summed E-state index contributed by atoms with van der Waals surface area (Å²) in [5, 5.41) is 12.1. The van der Waals surface area contributed by atoms with Crippen molar-refractivity contribution in [3.05, 3.63) is 29.8 Å². The largest absolute Gasteiger partial charge is 0.497 e. The van der Waals surface area contributed by atoms with Gasteiger partial charge in [0.15, 0.2) is 0 Å². The van der Waals surface area contributed by atoms with Crippen molar-refractivity contribution in [2.24, 2.45) is 17.3 Å². The molecular formula is C23H31NO4. The maximum absolute atomic E-state index is 13.3. The van der Waals surface area contributed by atoms with Crippen LogP contribution in [-0.4, -0.2) is 30.1 Å². The second kappa shape index (κ2) is 7.09. The number of rotatable bonds is 7. The molecule has 1 amide bonds. The first-order valence-corrected chi connectivity index (χ1v) is 10.5. The summed E-state index contributed by atoms with van der Waals surface area (Å²) in [4.78, 5) is 24.2. The van der Waals surface area contributed by atoms with E-state index in [1.807, 2.05) is 19.1 Å². The highest BCUT2D eigenvalue weighted by Gasteiger charge is 2.60. The molecule has 5 heteroatoms. The van der Waals surface area contributed by atoms with Gasteiger partial charge in [-0.2, -0.15) is 0 Å². The van der Waals surface area contributed by atoms with Gasteiger partial charge < -0.3 is 15.2 Å². The number of carbonyl (C=O) groups excluding carboxylic acids is 1. The molecule has 0 aromatic heterocycles. The van der Waals surface area contributed by atoms with Gasteiger partial charge in [0.25, 0.3) is 0 Å². The SMILES string of the molecule is COc1ccc(C23CC4CC(CC(C(=O)NC(C)CCC(=O)O)(C4)C2)C3)cc1. The molecular weight excluding hydrogens is 354 g/mol. The number of carboxylic acids is 1. The normalized spacial score (nSPS) is 34.1. The van der Waals surface area contributed by atoms with Crippen molar-refractivity contribution in [3.63, 3.8) is 0 Å². The van der Waals surface area contributed by atoms with E-state index in [4.69, 9.17) is 9.84 Å². The minimum Gasteiger partial charge on any atom is -0.497 e. The Labute approximate surface area is 166 Å².